The van der Waals surface area contributed by atoms with E-state index in [1.54, 1.807) is 6.92 Å². The van der Waals surface area contributed by atoms with Crippen LogP contribution in [-0.4, -0.2) is 43.7 Å². The average molecular weight is 440 g/mol. The molecule has 29 heavy (non-hydrogen) atoms. The first-order chi connectivity index (χ1) is 12.8. The Morgan fingerprint density at radius 1 is 0.759 bits per heavy atom. The van der Waals surface area contributed by atoms with E-state index >= 15 is 0 Å². The molecule has 12 heteroatoms. The summed E-state index contributed by atoms with van der Waals surface area (Å²) in [6.07, 6.45) is -10.6. The highest BCUT2D eigenvalue weighted by molar-refractivity contribution is 5.76. The molecular formula is C17H26F6O6. The summed E-state index contributed by atoms with van der Waals surface area (Å²) in [6.45, 7) is 4.94. The highest BCUT2D eigenvalue weighted by Crippen LogP contribution is 2.40. The van der Waals surface area contributed by atoms with Crippen LogP contribution in [0.2, 0.25) is 0 Å². The summed E-state index contributed by atoms with van der Waals surface area (Å²) in [5.74, 6) is -7.48. The first-order valence-electron chi connectivity index (χ1n) is 8.65. The fourth-order valence-electron chi connectivity index (χ4n) is 1.32. The van der Waals surface area contributed by atoms with E-state index in [0.29, 0.717) is 0 Å². The van der Waals surface area contributed by atoms with Crippen LogP contribution < -0.4 is 0 Å². The second-order valence-corrected chi connectivity index (χ2v) is 7.53. The number of carbonyl (C=O) groups is 2. The molecule has 0 atom stereocenters. The summed E-state index contributed by atoms with van der Waals surface area (Å²) in [7, 11) is 0. The van der Waals surface area contributed by atoms with Crippen LogP contribution in [0.15, 0.2) is 0 Å². The van der Waals surface area contributed by atoms with Crippen molar-refractivity contribution in [2.24, 2.45) is 10.8 Å². The van der Waals surface area contributed by atoms with Gasteiger partial charge in [0, 0.05) is 0 Å². The number of ether oxygens (including phenoxy) is 4. The Kier molecular flexibility index (Phi) is 8.99. The van der Waals surface area contributed by atoms with Crippen molar-refractivity contribution in [2.75, 3.05) is 13.4 Å². The molecule has 172 valence electrons. The van der Waals surface area contributed by atoms with Gasteiger partial charge in [-0.25, -0.2) is 4.74 Å². The quantitative estimate of drug-likeness (QED) is 0.249. The maximum absolute atomic E-state index is 13.6. The van der Waals surface area contributed by atoms with Crippen molar-refractivity contribution in [1.29, 1.82) is 0 Å². The van der Waals surface area contributed by atoms with Gasteiger partial charge in [0.25, 0.3) is 0 Å². The Morgan fingerprint density at radius 3 is 1.59 bits per heavy atom. The van der Waals surface area contributed by atoms with E-state index in [0.717, 1.165) is 0 Å². The topological polar surface area (TPSA) is 71.1 Å². The predicted octanol–water partition coefficient (Wildman–Crippen LogP) is 4.71. The highest BCUT2D eigenvalue weighted by Gasteiger charge is 2.64. The third-order valence-electron chi connectivity index (χ3n) is 4.35. The monoisotopic (exact) mass is 440 g/mol. The zero-order valence-electron chi connectivity index (χ0n) is 17.0. The molecule has 0 N–H and O–H groups in total. The van der Waals surface area contributed by atoms with Gasteiger partial charge < -0.3 is 9.47 Å². The van der Waals surface area contributed by atoms with E-state index in [9.17, 15) is 35.9 Å². The van der Waals surface area contributed by atoms with Crippen molar-refractivity contribution < 1.29 is 54.9 Å². The van der Waals surface area contributed by atoms with Gasteiger partial charge in [-0.05, 0) is 40.5 Å². The molecule has 0 amide bonds. The highest BCUT2D eigenvalue weighted by atomic mass is 19.3. The first kappa shape index (κ1) is 27.4. The van der Waals surface area contributed by atoms with E-state index in [2.05, 4.69) is 18.9 Å². The van der Waals surface area contributed by atoms with Crippen molar-refractivity contribution in [3.8, 4) is 0 Å². The molecule has 0 aromatic carbocycles. The molecule has 0 rings (SSSR count). The summed E-state index contributed by atoms with van der Waals surface area (Å²) in [5.41, 5.74) is -2.30. The molecular weight excluding hydrogens is 414 g/mol. The Balaban J connectivity index is 4.89. The minimum atomic E-state index is -5.76. The molecule has 0 saturated heterocycles. The van der Waals surface area contributed by atoms with Crippen LogP contribution in [-0.2, 0) is 28.5 Å². The molecule has 0 bridgehead atoms. The van der Waals surface area contributed by atoms with Crippen LogP contribution in [0.1, 0.15) is 54.4 Å². The van der Waals surface area contributed by atoms with Crippen LogP contribution in [0.3, 0.4) is 0 Å². The average Bonchev–Trinajstić information content (AvgIpc) is 2.58. The molecule has 0 radical (unpaired) electrons. The van der Waals surface area contributed by atoms with E-state index in [1.807, 2.05) is 0 Å². The molecule has 0 unspecified atom stereocenters. The van der Waals surface area contributed by atoms with Gasteiger partial charge in [-0.15, -0.1) is 8.78 Å². The molecule has 0 spiro atoms. The number of esters is 2. The smallest absolute Gasteiger partial charge is 0.458 e. The lowest BCUT2D eigenvalue weighted by Crippen LogP contribution is -2.51. The van der Waals surface area contributed by atoms with Gasteiger partial charge in [-0.2, -0.15) is 17.6 Å². The Morgan fingerprint density at radius 2 is 1.17 bits per heavy atom. The van der Waals surface area contributed by atoms with Gasteiger partial charge in [-0.3, -0.25) is 14.3 Å². The molecule has 0 aromatic rings. The second kappa shape index (κ2) is 9.50. The zero-order chi connectivity index (χ0) is 23.3. The van der Waals surface area contributed by atoms with Crippen LogP contribution in [0.5, 0.6) is 0 Å². The van der Waals surface area contributed by atoms with Crippen LogP contribution in [0.25, 0.3) is 0 Å². The summed E-state index contributed by atoms with van der Waals surface area (Å²) >= 11 is 0. The third-order valence-corrected chi connectivity index (χ3v) is 4.35. The maximum atomic E-state index is 13.6. The van der Waals surface area contributed by atoms with Gasteiger partial charge in [0.05, 0.1) is 10.8 Å². The van der Waals surface area contributed by atoms with E-state index < -0.39 is 54.5 Å². The van der Waals surface area contributed by atoms with Gasteiger partial charge in [0.2, 0.25) is 6.79 Å². The number of rotatable bonds is 12. The Bertz CT molecular complexity index is 577. The van der Waals surface area contributed by atoms with Crippen molar-refractivity contribution in [2.45, 2.75) is 72.7 Å². The van der Waals surface area contributed by atoms with Crippen LogP contribution in [0.4, 0.5) is 26.3 Å². The van der Waals surface area contributed by atoms with E-state index in [1.165, 1.54) is 34.6 Å². The summed E-state index contributed by atoms with van der Waals surface area (Å²) in [4.78, 5) is 23.2. The Labute approximate surface area is 164 Å². The van der Waals surface area contributed by atoms with Crippen molar-refractivity contribution in [1.82, 2.24) is 0 Å². The van der Waals surface area contributed by atoms with Crippen molar-refractivity contribution >= 4 is 11.9 Å². The lowest BCUT2D eigenvalue weighted by atomic mass is 9.91. The maximum Gasteiger partial charge on any atom is 0.493 e. The fourth-order valence-corrected chi connectivity index (χ4v) is 1.32. The minimum absolute atomic E-state index is 0.157. The number of hydrogen-bond acceptors (Lipinski definition) is 6. The minimum Gasteiger partial charge on any atom is -0.458 e. The van der Waals surface area contributed by atoms with Gasteiger partial charge in [0.1, 0.15) is 0 Å². The molecule has 6 nitrogen and oxygen atoms in total. The molecule has 0 saturated carbocycles. The molecule has 0 fully saturated rings. The predicted molar refractivity (Wildman–Crippen MR) is 87.1 cm³/mol. The van der Waals surface area contributed by atoms with Gasteiger partial charge in [0.15, 0.2) is 6.61 Å². The number of hydrogen-bond donors (Lipinski definition) is 0. The zero-order valence-corrected chi connectivity index (χ0v) is 17.0. The lowest BCUT2D eigenvalue weighted by molar-refractivity contribution is -0.504. The third kappa shape index (κ3) is 8.00. The summed E-state index contributed by atoms with van der Waals surface area (Å²) < 4.78 is 95.8. The summed E-state index contributed by atoms with van der Waals surface area (Å²) in [6, 6.07) is 0. The van der Waals surface area contributed by atoms with Crippen molar-refractivity contribution in [3.05, 3.63) is 0 Å². The van der Waals surface area contributed by atoms with Gasteiger partial charge >= 0.3 is 30.3 Å². The summed E-state index contributed by atoms with van der Waals surface area (Å²) in [5, 5.41) is 0. The molecule has 0 aliphatic heterocycles. The van der Waals surface area contributed by atoms with Gasteiger partial charge in [-0.1, -0.05) is 13.8 Å². The Hall–Kier alpha value is -1.56. The molecule has 0 heterocycles. The number of alkyl halides is 6. The van der Waals surface area contributed by atoms with Crippen LogP contribution in [0, 0.1) is 10.8 Å². The SMILES string of the molecule is CCC(C)(C)C(=O)OCOC(F)(F)OC(F)(F)C(F)(F)COC(=O)C(C)(C)CC. The normalized spacial score (nSPS) is 13.9. The fraction of sp³-hybridized carbons (Fsp3) is 0.882. The second-order valence-electron chi connectivity index (χ2n) is 7.53. The van der Waals surface area contributed by atoms with E-state index in [-0.39, 0.29) is 12.8 Å². The molecule has 0 aliphatic carbocycles. The number of carbonyl (C=O) groups excluding carboxylic acids is 2. The largest absolute Gasteiger partial charge is 0.493 e. The van der Waals surface area contributed by atoms with Crippen LogP contribution >= 0.6 is 0 Å². The standard InChI is InChI=1S/C17H26F6O6/c1-7-13(3,4)11(24)26-9-15(18,19)16(20,21)29-17(22,23)28-10-27-12(25)14(5,6)8-2/h7-10H2,1-6H3. The number of halogens is 6. The van der Waals surface area contributed by atoms with E-state index in [4.69, 9.17) is 0 Å². The first-order valence-corrected chi connectivity index (χ1v) is 8.65. The lowest BCUT2D eigenvalue weighted by Gasteiger charge is -2.29. The van der Waals surface area contributed by atoms with Crippen molar-refractivity contribution in [3.63, 3.8) is 0 Å². The molecule has 0 aromatic heterocycles. The molecule has 0 aliphatic rings.